The van der Waals surface area contributed by atoms with Gasteiger partial charge in [-0.3, -0.25) is 4.99 Å². The highest BCUT2D eigenvalue weighted by Crippen LogP contribution is 2.32. The molecule has 0 saturated carbocycles. The predicted octanol–water partition coefficient (Wildman–Crippen LogP) is 2.57. The number of nitrogens with one attached hydrogen (secondary N) is 2. The summed E-state index contributed by atoms with van der Waals surface area (Å²) in [5, 5.41) is 7.50. The second-order valence-corrected chi connectivity index (χ2v) is 6.48. The van der Waals surface area contributed by atoms with Crippen molar-refractivity contribution in [1.82, 2.24) is 5.32 Å². The molecule has 0 aliphatic carbocycles. The molecule has 0 radical (unpaired) electrons. The number of halogens is 2. The highest BCUT2D eigenvalue weighted by molar-refractivity contribution is 6.39. The van der Waals surface area contributed by atoms with E-state index in [1.807, 2.05) is 12.1 Å². The van der Waals surface area contributed by atoms with Crippen molar-refractivity contribution >= 4 is 34.8 Å². The zero-order chi connectivity index (χ0) is 14.0. The van der Waals surface area contributed by atoms with Crippen molar-refractivity contribution in [3.05, 3.63) is 27.7 Å². The first-order chi connectivity index (χ1) is 8.85. The van der Waals surface area contributed by atoms with Gasteiger partial charge >= 0.3 is 0 Å². The van der Waals surface area contributed by atoms with Crippen molar-refractivity contribution in [2.24, 2.45) is 4.99 Å². The number of rotatable bonds is 3. The monoisotopic (exact) mass is 301 g/mol. The van der Waals surface area contributed by atoms with Gasteiger partial charge in [0, 0.05) is 12.1 Å². The molecule has 0 amide bonds. The average molecular weight is 302 g/mol. The maximum Gasteiger partial charge on any atom is 0.196 e. The Bertz CT molecular complexity index is 483. The lowest BCUT2D eigenvalue weighted by atomic mass is 10.2. The smallest absolute Gasteiger partial charge is 0.196 e. The molecule has 104 valence electrons. The Morgan fingerprint density at radius 3 is 2.37 bits per heavy atom. The number of anilines is 1. The molecule has 0 fully saturated rings. The van der Waals surface area contributed by atoms with Gasteiger partial charge in [-0.1, -0.05) is 23.2 Å². The highest BCUT2D eigenvalue weighted by atomic mass is 35.5. The summed E-state index contributed by atoms with van der Waals surface area (Å²) in [5.74, 6) is 0.725. The number of hydrogen-bond donors (Lipinski definition) is 2. The first kappa shape index (κ1) is 14.4. The van der Waals surface area contributed by atoms with E-state index in [-0.39, 0.29) is 0 Å². The van der Waals surface area contributed by atoms with Crippen molar-refractivity contribution in [3.63, 3.8) is 0 Å². The normalized spacial score (nSPS) is 15.1. The third-order valence-corrected chi connectivity index (χ3v) is 3.27. The van der Waals surface area contributed by atoms with Gasteiger partial charge in [0.2, 0.25) is 0 Å². The van der Waals surface area contributed by atoms with E-state index in [2.05, 4.69) is 36.8 Å². The van der Waals surface area contributed by atoms with Gasteiger partial charge in [-0.2, -0.15) is 0 Å². The van der Waals surface area contributed by atoms with Crippen LogP contribution in [0.3, 0.4) is 0 Å². The molecule has 19 heavy (non-hydrogen) atoms. The summed E-state index contributed by atoms with van der Waals surface area (Å²) in [6.45, 7) is 2.49. The molecule has 2 N–H and O–H groups in total. The van der Waals surface area contributed by atoms with E-state index in [1.54, 1.807) is 0 Å². The summed E-state index contributed by atoms with van der Waals surface area (Å²) in [4.78, 5) is 4.27. The predicted molar refractivity (Wildman–Crippen MR) is 82.1 cm³/mol. The molecule has 1 aliphatic rings. The van der Waals surface area contributed by atoms with Crippen molar-refractivity contribution in [2.45, 2.75) is 6.54 Å². The number of benzene rings is 1. The van der Waals surface area contributed by atoms with E-state index in [1.165, 1.54) is 0 Å². The second-order valence-electron chi connectivity index (χ2n) is 5.67. The van der Waals surface area contributed by atoms with E-state index in [4.69, 9.17) is 23.2 Å². The molecule has 4 nitrogen and oxygen atoms in total. The summed E-state index contributed by atoms with van der Waals surface area (Å²) in [6, 6.07) is 3.91. The van der Waals surface area contributed by atoms with Gasteiger partial charge in [-0.15, -0.1) is 0 Å². The Balaban J connectivity index is 2.21. The van der Waals surface area contributed by atoms with Crippen LogP contribution in [0.5, 0.6) is 0 Å². The van der Waals surface area contributed by atoms with E-state index in [0.29, 0.717) is 15.7 Å². The fourth-order valence-electron chi connectivity index (χ4n) is 1.98. The topological polar surface area (TPSA) is 36.4 Å². The number of quaternary nitrogens is 1. The Morgan fingerprint density at radius 1 is 1.26 bits per heavy atom. The lowest BCUT2D eigenvalue weighted by Gasteiger charge is -2.24. The molecule has 1 aromatic rings. The van der Waals surface area contributed by atoms with Crippen molar-refractivity contribution in [3.8, 4) is 0 Å². The van der Waals surface area contributed by atoms with Gasteiger partial charge in [0.05, 0.1) is 43.4 Å². The van der Waals surface area contributed by atoms with Crippen LogP contribution in [0, 0.1) is 0 Å². The number of guanidine groups is 1. The minimum Gasteiger partial charge on any atom is -0.354 e. The summed E-state index contributed by atoms with van der Waals surface area (Å²) >= 11 is 12.6. The Morgan fingerprint density at radius 2 is 1.89 bits per heavy atom. The lowest BCUT2D eigenvalue weighted by Crippen LogP contribution is -2.33. The highest BCUT2D eigenvalue weighted by Gasteiger charge is 2.15. The molecule has 2 rings (SSSR count). The van der Waals surface area contributed by atoms with Crippen molar-refractivity contribution in [2.75, 3.05) is 39.5 Å². The van der Waals surface area contributed by atoms with Gasteiger partial charge in [-0.05, 0) is 12.1 Å². The average Bonchev–Trinajstić information content (AvgIpc) is 2.73. The first-order valence-electron chi connectivity index (χ1n) is 6.19. The third-order valence-electron chi connectivity index (χ3n) is 2.68. The second kappa shape index (κ2) is 5.57. The molecule has 0 spiro atoms. The zero-order valence-electron chi connectivity index (χ0n) is 11.4. The molecule has 1 heterocycles. The summed E-state index contributed by atoms with van der Waals surface area (Å²) < 4.78 is 0.827. The Labute approximate surface area is 124 Å². The van der Waals surface area contributed by atoms with E-state index < -0.39 is 0 Å². The van der Waals surface area contributed by atoms with E-state index in [9.17, 15) is 0 Å². The fraction of sp³-hybridized carbons (Fsp3) is 0.462. The van der Waals surface area contributed by atoms with Gasteiger partial charge in [0.1, 0.15) is 6.54 Å². The SMILES string of the molecule is C[N+](C)(C)Cc1cc(Cl)c(NC2=NCCN2)c(Cl)c1. The number of aliphatic imine (C=N–C) groups is 1. The number of hydrogen-bond acceptors (Lipinski definition) is 3. The first-order valence-corrected chi connectivity index (χ1v) is 6.94. The molecule has 0 aromatic heterocycles. The molecular formula is C13H19Cl2N4+. The fourth-order valence-corrected chi connectivity index (χ4v) is 2.61. The molecule has 0 bridgehead atoms. The standard InChI is InChI=1S/C13H19Cl2N4/c1-19(2,3)8-9-6-10(14)12(11(15)7-9)18-13-16-4-5-17-13/h6-7H,4-5,8H2,1-3H3,(H2,16,17,18)/q+1. The van der Waals surface area contributed by atoms with Gasteiger partial charge in [-0.25, -0.2) is 0 Å². The van der Waals surface area contributed by atoms with Crippen LogP contribution in [0.25, 0.3) is 0 Å². The van der Waals surface area contributed by atoms with Gasteiger partial charge in [0.15, 0.2) is 5.96 Å². The third kappa shape index (κ3) is 4.00. The largest absolute Gasteiger partial charge is 0.354 e. The molecule has 1 aromatic carbocycles. The maximum absolute atomic E-state index is 6.31. The Hall–Kier alpha value is -0.970. The number of nitrogens with zero attached hydrogens (tertiary/aromatic N) is 2. The van der Waals surface area contributed by atoms with Crippen LogP contribution in [0.4, 0.5) is 5.69 Å². The quantitative estimate of drug-likeness (QED) is 0.842. The molecular weight excluding hydrogens is 283 g/mol. The van der Waals surface area contributed by atoms with Crippen LogP contribution in [-0.4, -0.2) is 44.7 Å². The van der Waals surface area contributed by atoms with Crippen LogP contribution < -0.4 is 10.6 Å². The lowest BCUT2D eigenvalue weighted by molar-refractivity contribution is -0.884. The minimum absolute atomic E-state index is 0.618. The summed E-state index contributed by atoms with van der Waals surface area (Å²) in [6.07, 6.45) is 0. The summed E-state index contributed by atoms with van der Waals surface area (Å²) in [5.41, 5.74) is 1.83. The molecule has 0 atom stereocenters. The van der Waals surface area contributed by atoms with Crippen LogP contribution in [0.2, 0.25) is 10.0 Å². The van der Waals surface area contributed by atoms with E-state index in [0.717, 1.165) is 35.6 Å². The van der Waals surface area contributed by atoms with Crippen LogP contribution in [-0.2, 0) is 6.54 Å². The Kier molecular flexibility index (Phi) is 4.23. The molecule has 0 unspecified atom stereocenters. The maximum atomic E-state index is 6.31. The van der Waals surface area contributed by atoms with Gasteiger partial charge < -0.3 is 15.1 Å². The molecule has 6 heteroatoms. The molecule has 0 saturated heterocycles. The van der Waals surface area contributed by atoms with E-state index >= 15 is 0 Å². The summed E-state index contributed by atoms with van der Waals surface area (Å²) in [7, 11) is 6.39. The minimum atomic E-state index is 0.618. The van der Waals surface area contributed by atoms with Crippen molar-refractivity contribution < 1.29 is 4.48 Å². The van der Waals surface area contributed by atoms with Crippen LogP contribution in [0.15, 0.2) is 17.1 Å². The van der Waals surface area contributed by atoms with Gasteiger partial charge in [0.25, 0.3) is 0 Å². The van der Waals surface area contributed by atoms with Crippen LogP contribution in [0.1, 0.15) is 5.56 Å². The van der Waals surface area contributed by atoms with Crippen molar-refractivity contribution in [1.29, 1.82) is 0 Å². The molecule has 1 aliphatic heterocycles. The van der Waals surface area contributed by atoms with Crippen LogP contribution >= 0.6 is 23.2 Å². The zero-order valence-corrected chi connectivity index (χ0v) is 12.9.